The second-order valence-electron chi connectivity index (χ2n) is 5.39. The molecular weight excluding hydrogens is 282 g/mol. The van der Waals surface area contributed by atoms with Crippen LogP contribution < -0.4 is 10.6 Å². The maximum atomic E-state index is 12.6. The van der Waals surface area contributed by atoms with Gasteiger partial charge in [-0.3, -0.25) is 4.79 Å². The molecule has 0 saturated carbocycles. The van der Waals surface area contributed by atoms with Gasteiger partial charge in [-0.15, -0.1) is 11.3 Å². The lowest BCUT2D eigenvalue weighted by molar-refractivity contribution is 0.0938. The molecule has 4 nitrogen and oxygen atoms in total. The number of carbonyl (C=O) groups is 1. The van der Waals surface area contributed by atoms with E-state index in [-0.39, 0.29) is 11.9 Å². The number of rotatable bonds is 3. The van der Waals surface area contributed by atoms with Crippen LogP contribution in [0.3, 0.4) is 0 Å². The molecule has 1 aliphatic rings. The largest absolute Gasteiger partial charge is 0.343 e. The SMILES string of the molecule is Cc1csc(C(C)NC(=O)c2cccc3c2CCNC3)n1. The van der Waals surface area contributed by atoms with Crippen molar-refractivity contribution in [1.82, 2.24) is 15.6 Å². The van der Waals surface area contributed by atoms with Gasteiger partial charge in [0.05, 0.1) is 6.04 Å². The molecule has 0 saturated heterocycles. The Kier molecular flexibility index (Phi) is 4.03. The Balaban J connectivity index is 1.79. The smallest absolute Gasteiger partial charge is 0.252 e. The Morgan fingerprint density at radius 2 is 2.33 bits per heavy atom. The number of thiazole rings is 1. The van der Waals surface area contributed by atoms with E-state index in [0.717, 1.165) is 35.8 Å². The molecule has 0 fully saturated rings. The van der Waals surface area contributed by atoms with Crippen LogP contribution in [0.1, 0.15) is 45.2 Å². The molecule has 21 heavy (non-hydrogen) atoms. The van der Waals surface area contributed by atoms with E-state index in [0.29, 0.717) is 0 Å². The molecule has 5 heteroatoms. The van der Waals surface area contributed by atoms with Crippen molar-refractivity contribution in [2.75, 3.05) is 6.54 Å². The number of hydrogen-bond donors (Lipinski definition) is 2. The van der Waals surface area contributed by atoms with Gasteiger partial charge in [-0.25, -0.2) is 4.98 Å². The molecule has 2 heterocycles. The topological polar surface area (TPSA) is 54.0 Å². The van der Waals surface area contributed by atoms with E-state index >= 15 is 0 Å². The van der Waals surface area contributed by atoms with Crippen LogP contribution in [0.4, 0.5) is 0 Å². The minimum absolute atomic E-state index is 0.00546. The summed E-state index contributed by atoms with van der Waals surface area (Å²) in [6.45, 7) is 5.72. The van der Waals surface area contributed by atoms with Crippen LogP contribution in [0.15, 0.2) is 23.6 Å². The molecular formula is C16H19N3OS. The number of amides is 1. The van der Waals surface area contributed by atoms with Gasteiger partial charge in [-0.1, -0.05) is 12.1 Å². The van der Waals surface area contributed by atoms with Gasteiger partial charge >= 0.3 is 0 Å². The molecule has 0 bridgehead atoms. The van der Waals surface area contributed by atoms with Crippen molar-refractivity contribution in [3.8, 4) is 0 Å². The minimum Gasteiger partial charge on any atom is -0.343 e. The summed E-state index contributed by atoms with van der Waals surface area (Å²) in [5.41, 5.74) is 4.20. The predicted octanol–water partition coefficient (Wildman–Crippen LogP) is 2.59. The van der Waals surface area contributed by atoms with E-state index in [2.05, 4.69) is 21.7 Å². The molecule has 2 aromatic rings. The molecule has 1 aromatic heterocycles. The van der Waals surface area contributed by atoms with E-state index in [9.17, 15) is 4.79 Å². The van der Waals surface area contributed by atoms with Gasteiger partial charge in [0.1, 0.15) is 5.01 Å². The summed E-state index contributed by atoms with van der Waals surface area (Å²) >= 11 is 1.59. The zero-order valence-corrected chi connectivity index (χ0v) is 13.1. The molecule has 1 aliphatic heterocycles. The first-order chi connectivity index (χ1) is 10.1. The summed E-state index contributed by atoms with van der Waals surface area (Å²) in [4.78, 5) is 17.0. The lowest BCUT2D eigenvalue weighted by Crippen LogP contribution is -2.30. The second-order valence-corrected chi connectivity index (χ2v) is 6.28. The zero-order valence-electron chi connectivity index (χ0n) is 12.3. The fraction of sp³-hybridized carbons (Fsp3) is 0.375. The number of carbonyl (C=O) groups excluding carboxylic acids is 1. The van der Waals surface area contributed by atoms with Gasteiger partial charge in [0.15, 0.2) is 0 Å². The van der Waals surface area contributed by atoms with Crippen LogP contribution in [0.25, 0.3) is 0 Å². The Hall–Kier alpha value is -1.72. The molecule has 0 spiro atoms. The number of nitrogens with zero attached hydrogens (tertiary/aromatic N) is 1. The highest BCUT2D eigenvalue weighted by Gasteiger charge is 2.19. The van der Waals surface area contributed by atoms with Crippen molar-refractivity contribution in [2.24, 2.45) is 0 Å². The molecule has 2 N–H and O–H groups in total. The zero-order chi connectivity index (χ0) is 14.8. The van der Waals surface area contributed by atoms with Crippen LogP contribution in [0.5, 0.6) is 0 Å². The van der Waals surface area contributed by atoms with Gasteiger partial charge in [-0.2, -0.15) is 0 Å². The normalized spacial score (nSPS) is 15.3. The van der Waals surface area contributed by atoms with E-state index < -0.39 is 0 Å². The van der Waals surface area contributed by atoms with E-state index in [4.69, 9.17) is 0 Å². The summed E-state index contributed by atoms with van der Waals surface area (Å²) in [7, 11) is 0. The molecule has 3 rings (SSSR count). The van der Waals surface area contributed by atoms with Crippen molar-refractivity contribution in [2.45, 2.75) is 32.9 Å². The predicted molar refractivity (Wildman–Crippen MR) is 84.6 cm³/mol. The summed E-state index contributed by atoms with van der Waals surface area (Å²) < 4.78 is 0. The fourth-order valence-corrected chi connectivity index (χ4v) is 3.46. The molecule has 0 radical (unpaired) electrons. The number of hydrogen-bond acceptors (Lipinski definition) is 4. The average molecular weight is 301 g/mol. The third kappa shape index (κ3) is 2.99. The molecule has 1 unspecified atom stereocenters. The van der Waals surface area contributed by atoms with Gasteiger partial charge in [0.2, 0.25) is 0 Å². The van der Waals surface area contributed by atoms with Crippen molar-refractivity contribution in [3.63, 3.8) is 0 Å². The summed E-state index contributed by atoms with van der Waals surface area (Å²) in [5, 5.41) is 9.36. The van der Waals surface area contributed by atoms with Crippen molar-refractivity contribution < 1.29 is 4.79 Å². The Morgan fingerprint density at radius 1 is 1.48 bits per heavy atom. The molecule has 0 aliphatic carbocycles. The second kappa shape index (κ2) is 5.95. The quantitative estimate of drug-likeness (QED) is 0.916. The summed E-state index contributed by atoms with van der Waals surface area (Å²) in [6, 6.07) is 5.90. The van der Waals surface area contributed by atoms with E-state index in [1.54, 1.807) is 11.3 Å². The Morgan fingerprint density at radius 3 is 3.10 bits per heavy atom. The lowest BCUT2D eigenvalue weighted by Gasteiger charge is -2.20. The number of aryl methyl sites for hydroxylation is 1. The van der Waals surface area contributed by atoms with Crippen LogP contribution in [-0.4, -0.2) is 17.4 Å². The van der Waals surface area contributed by atoms with Crippen LogP contribution in [0, 0.1) is 6.92 Å². The lowest BCUT2D eigenvalue weighted by atomic mass is 9.95. The third-order valence-electron chi connectivity index (χ3n) is 3.74. The fourth-order valence-electron chi connectivity index (χ4n) is 2.65. The first-order valence-corrected chi connectivity index (χ1v) is 8.07. The van der Waals surface area contributed by atoms with Gasteiger partial charge in [-0.05, 0) is 44.0 Å². The van der Waals surface area contributed by atoms with Gasteiger partial charge in [0, 0.05) is 23.2 Å². The summed E-state index contributed by atoms with van der Waals surface area (Å²) in [5.74, 6) is -0.00546. The number of fused-ring (bicyclic) bond motifs is 1. The van der Waals surface area contributed by atoms with Gasteiger partial charge in [0.25, 0.3) is 5.91 Å². The number of aromatic nitrogens is 1. The Labute approximate surface area is 128 Å². The van der Waals surface area contributed by atoms with Crippen molar-refractivity contribution in [3.05, 3.63) is 51.0 Å². The van der Waals surface area contributed by atoms with Crippen LogP contribution in [0.2, 0.25) is 0 Å². The highest BCUT2D eigenvalue weighted by atomic mass is 32.1. The van der Waals surface area contributed by atoms with Crippen molar-refractivity contribution >= 4 is 17.2 Å². The first kappa shape index (κ1) is 14.2. The molecule has 110 valence electrons. The van der Waals surface area contributed by atoms with E-state index in [1.165, 1.54) is 11.1 Å². The highest BCUT2D eigenvalue weighted by Crippen LogP contribution is 2.21. The summed E-state index contributed by atoms with van der Waals surface area (Å²) in [6.07, 6.45) is 0.906. The minimum atomic E-state index is -0.0613. The molecule has 1 amide bonds. The third-order valence-corrected chi connectivity index (χ3v) is 4.88. The number of benzene rings is 1. The maximum Gasteiger partial charge on any atom is 0.252 e. The maximum absolute atomic E-state index is 12.6. The van der Waals surface area contributed by atoms with Gasteiger partial charge < -0.3 is 10.6 Å². The van der Waals surface area contributed by atoms with Crippen molar-refractivity contribution in [1.29, 1.82) is 0 Å². The van der Waals surface area contributed by atoms with Crippen LogP contribution >= 0.6 is 11.3 Å². The number of nitrogens with one attached hydrogen (secondary N) is 2. The average Bonchev–Trinajstić information content (AvgIpc) is 2.93. The standard InChI is InChI=1S/C16H19N3OS/c1-10-9-21-16(18-10)11(2)19-15(20)14-5-3-4-12-8-17-7-6-13(12)14/h3-5,9,11,17H,6-8H2,1-2H3,(H,19,20). The first-order valence-electron chi connectivity index (χ1n) is 7.19. The van der Waals surface area contributed by atoms with E-state index in [1.807, 2.05) is 31.4 Å². The Bertz CT molecular complexity index is 665. The van der Waals surface area contributed by atoms with Crippen LogP contribution in [-0.2, 0) is 13.0 Å². The monoisotopic (exact) mass is 301 g/mol. The molecule has 1 atom stereocenters. The highest BCUT2D eigenvalue weighted by molar-refractivity contribution is 7.09. The molecule has 1 aromatic carbocycles.